The number of nitrogens with one attached hydrogen (secondary N) is 1. The maximum Gasteiger partial charge on any atom is 0.251 e. The first-order valence-corrected chi connectivity index (χ1v) is 9.75. The molecule has 0 fully saturated rings. The van der Waals surface area contributed by atoms with E-state index in [1.54, 1.807) is 0 Å². The number of hydrogen-bond donors (Lipinski definition) is 1. The van der Waals surface area contributed by atoms with Crippen molar-refractivity contribution in [2.24, 2.45) is 0 Å². The molecule has 0 unspecified atom stereocenters. The van der Waals surface area contributed by atoms with Crippen molar-refractivity contribution in [3.05, 3.63) is 65.9 Å². The van der Waals surface area contributed by atoms with E-state index in [1.807, 2.05) is 24.3 Å². The summed E-state index contributed by atoms with van der Waals surface area (Å²) in [7, 11) is 0. The van der Waals surface area contributed by atoms with Gasteiger partial charge in [-0.2, -0.15) is 0 Å². The van der Waals surface area contributed by atoms with Crippen LogP contribution in [0.5, 0.6) is 5.75 Å². The van der Waals surface area contributed by atoms with Gasteiger partial charge in [-0.3, -0.25) is 4.79 Å². The first kappa shape index (κ1) is 19.0. The minimum absolute atomic E-state index is 0.0378. The fourth-order valence-electron chi connectivity index (χ4n) is 3.22. The molecule has 4 nitrogen and oxygen atoms in total. The van der Waals surface area contributed by atoms with E-state index < -0.39 is 0 Å². The zero-order valence-corrected chi connectivity index (χ0v) is 16.2. The van der Waals surface area contributed by atoms with Gasteiger partial charge in [0.1, 0.15) is 5.75 Å². The lowest BCUT2D eigenvalue weighted by Gasteiger charge is -2.10. The Morgan fingerprint density at radius 3 is 2.63 bits per heavy atom. The molecule has 27 heavy (non-hydrogen) atoms. The van der Waals surface area contributed by atoms with E-state index in [4.69, 9.17) is 4.74 Å². The molecule has 0 saturated heterocycles. The molecular formula is C23H28N2O2. The lowest BCUT2D eigenvalue weighted by molar-refractivity contribution is 0.0952. The normalized spacial score (nSPS) is 10.9. The molecule has 0 spiro atoms. The molecule has 0 aliphatic carbocycles. The van der Waals surface area contributed by atoms with Crippen molar-refractivity contribution in [3.63, 3.8) is 0 Å². The Morgan fingerprint density at radius 2 is 1.85 bits per heavy atom. The van der Waals surface area contributed by atoms with Gasteiger partial charge in [-0.15, -0.1) is 0 Å². The van der Waals surface area contributed by atoms with Gasteiger partial charge in [0, 0.05) is 29.9 Å². The Kier molecular flexibility index (Phi) is 6.53. The van der Waals surface area contributed by atoms with E-state index in [1.165, 1.54) is 16.6 Å². The van der Waals surface area contributed by atoms with E-state index >= 15 is 0 Å². The number of benzene rings is 2. The summed E-state index contributed by atoms with van der Waals surface area (Å²) in [5, 5.41) is 4.27. The van der Waals surface area contributed by atoms with Crippen molar-refractivity contribution in [3.8, 4) is 5.75 Å². The number of ether oxygens (including phenoxy) is 1. The zero-order chi connectivity index (χ0) is 19.1. The van der Waals surface area contributed by atoms with E-state index in [0.29, 0.717) is 12.1 Å². The van der Waals surface area contributed by atoms with Gasteiger partial charge in [-0.05, 0) is 61.5 Å². The van der Waals surface area contributed by atoms with Crippen LogP contribution in [0.25, 0.3) is 10.9 Å². The lowest BCUT2D eigenvalue weighted by Crippen LogP contribution is -2.25. The maximum absolute atomic E-state index is 12.3. The number of nitrogens with zero attached hydrogens (tertiary/aromatic N) is 1. The second-order valence-corrected chi connectivity index (χ2v) is 6.83. The number of carbonyl (C=O) groups is 1. The number of unbranched alkanes of at least 4 members (excludes halogenated alkanes) is 1. The van der Waals surface area contributed by atoms with E-state index in [0.717, 1.165) is 38.2 Å². The first-order chi connectivity index (χ1) is 13.2. The number of para-hydroxylation sites is 1. The van der Waals surface area contributed by atoms with Crippen molar-refractivity contribution in [2.75, 3.05) is 13.2 Å². The Hall–Kier alpha value is -2.75. The first-order valence-electron chi connectivity index (χ1n) is 9.75. The van der Waals surface area contributed by atoms with Crippen molar-refractivity contribution < 1.29 is 9.53 Å². The Morgan fingerprint density at radius 1 is 1.07 bits per heavy atom. The third-order valence-corrected chi connectivity index (χ3v) is 4.74. The molecule has 0 bridgehead atoms. The highest BCUT2D eigenvalue weighted by molar-refractivity contribution is 5.94. The minimum Gasteiger partial charge on any atom is -0.494 e. The van der Waals surface area contributed by atoms with Gasteiger partial charge in [0.2, 0.25) is 0 Å². The standard InChI is InChI=1S/C23H28N2O2/c1-3-4-16-27-21-12-10-19(11-13-21)23(26)24-14-7-15-25-18(2)17-20-8-5-6-9-22(20)25/h5-6,8-13,17H,3-4,7,14-16H2,1-2H3,(H,24,26). The van der Waals surface area contributed by atoms with Gasteiger partial charge in [-0.1, -0.05) is 31.5 Å². The summed E-state index contributed by atoms with van der Waals surface area (Å²) in [4.78, 5) is 12.3. The predicted molar refractivity (Wildman–Crippen MR) is 110 cm³/mol. The summed E-state index contributed by atoms with van der Waals surface area (Å²) >= 11 is 0. The van der Waals surface area contributed by atoms with Crippen LogP contribution < -0.4 is 10.1 Å². The number of hydrogen-bond acceptors (Lipinski definition) is 2. The van der Waals surface area contributed by atoms with E-state index in [9.17, 15) is 4.79 Å². The number of fused-ring (bicyclic) bond motifs is 1. The Balaban J connectivity index is 1.47. The smallest absolute Gasteiger partial charge is 0.251 e. The molecule has 1 N–H and O–H groups in total. The van der Waals surface area contributed by atoms with E-state index in [2.05, 4.69) is 54.1 Å². The molecule has 1 aromatic heterocycles. The number of aromatic nitrogens is 1. The minimum atomic E-state index is -0.0378. The summed E-state index contributed by atoms with van der Waals surface area (Å²) in [6, 6.07) is 18.0. The number of amides is 1. The highest BCUT2D eigenvalue weighted by Crippen LogP contribution is 2.19. The molecular weight excluding hydrogens is 336 g/mol. The molecule has 0 aliphatic rings. The Labute approximate surface area is 161 Å². The van der Waals surface area contributed by atoms with Gasteiger partial charge >= 0.3 is 0 Å². The fraction of sp³-hybridized carbons (Fsp3) is 0.348. The SMILES string of the molecule is CCCCOc1ccc(C(=O)NCCCn2c(C)cc3ccccc32)cc1. The second-order valence-electron chi connectivity index (χ2n) is 6.83. The summed E-state index contributed by atoms with van der Waals surface area (Å²) in [6.07, 6.45) is 3.04. The average molecular weight is 364 g/mol. The molecule has 0 atom stereocenters. The number of carbonyl (C=O) groups excluding carboxylic acids is 1. The molecule has 2 aromatic carbocycles. The van der Waals surface area contributed by atoms with Gasteiger partial charge in [0.05, 0.1) is 6.61 Å². The van der Waals surface area contributed by atoms with Crippen LogP contribution in [-0.4, -0.2) is 23.6 Å². The molecule has 0 radical (unpaired) electrons. The van der Waals surface area contributed by atoms with Crippen molar-refractivity contribution in [2.45, 2.75) is 39.7 Å². The molecule has 3 aromatic rings. The summed E-state index contributed by atoms with van der Waals surface area (Å²) in [5.41, 5.74) is 3.17. The molecule has 1 amide bonds. The molecule has 4 heteroatoms. The third kappa shape index (κ3) is 4.91. The quantitative estimate of drug-likeness (QED) is 0.546. The van der Waals surface area contributed by atoms with Crippen molar-refractivity contribution in [1.82, 2.24) is 9.88 Å². The van der Waals surface area contributed by atoms with Crippen LogP contribution in [-0.2, 0) is 6.54 Å². The molecule has 142 valence electrons. The van der Waals surface area contributed by atoms with Crippen LogP contribution in [0.4, 0.5) is 0 Å². The lowest BCUT2D eigenvalue weighted by atomic mass is 10.2. The number of rotatable bonds is 9. The maximum atomic E-state index is 12.3. The van der Waals surface area contributed by atoms with Crippen LogP contribution in [0.3, 0.4) is 0 Å². The van der Waals surface area contributed by atoms with Crippen LogP contribution in [0, 0.1) is 6.92 Å². The van der Waals surface area contributed by atoms with Gasteiger partial charge in [0.15, 0.2) is 0 Å². The van der Waals surface area contributed by atoms with Crippen LogP contribution >= 0.6 is 0 Å². The molecule has 3 rings (SSSR count). The monoisotopic (exact) mass is 364 g/mol. The van der Waals surface area contributed by atoms with E-state index in [-0.39, 0.29) is 5.91 Å². The van der Waals surface area contributed by atoms with Crippen LogP contribution in [0.2, 0.25) is 0 Å². The molecule has 0 aliphatic heterocycles. The highest BCUT2D eigenvalue weighted by atomic mass is 16.5. The molecule has 0 saturated carbocycles. The molecule has 1 heterocycles. The Bertz CT molecular complexity index is 881. The summed E-state index contributed by atoms with van der Waals surface area (Å²) in [6.45, 7) is 6.53. The largest absolute Gasteiger partial charge is 0.494 e. The average Bonchev–Trinajstić information content (AvgIpc) is 3.01. The van der Waals surface area contributed by atoms with Crippen LogP contribution in [0.15, 0.2) is 54.6 Å². The van der Waals surface area contributed by atoms with Crippen LogP contribution in [0.1, 0.15) is 42.2 Å². The van der Waals surface area contributed by atoms with Gasteiger partial charge in [0.25, 0.3) is 5.91 Å². The summed E-state index contributed by atoms with van der Waals surface area (Å²) in [5.74, 6) is 0.777. The number of aryl methyl sites for hydroxylation is 2. The fourth-order valence-corrected chi connectivity index (χ4v) is 3.22. The van der Waals surface area contributed by atoms with Gasteiger partial charge < -0.3 is 14.6 Å². The van der Waals surface area contributed by atoms with Gasteiger partial charge in [-0.25, -0.2) is 0 Å². The highest BCUT2D eigenvalue weighted by Gasteiger charge is 2.07. The van der Waals surface area contributed by atoms with Crippen molar-refractivity contribution in [1.29, 1.82) is 0 Å². The summed E-state index contributed by atoms with van der Waals surface area (Å²) < 4.78 is 7.94. The van der Waals surface area contributed by atoms with Crippen molar-refractivity contribution >= 4 is 16.8 Å². The zero-order valence-electron chi connectivity index (χ0n) is 16.2. The third-order valence-electron chi connectivity index (χ3n) is 4.74. The predicted octanol–water partition coefficient (Wildman–Crippen LogP) is 4.95. The topological polar surface area (TPSA) is 43.3 Å². The second kappa shape index (κ2) is 9.26.